The number of anilines is 2. The van der Waals surface area contributed by atoms with E-state index in [-0.39, 0.29) is 11.4 Å². The maximum atomic E-state index is 12.2. The second-order valence-corrected chi connectivity index (χ2v) is 5.19. The van der Waals surface area contributed by atoms with E-state index in [2.05, 4.69) is 12.2 Å². The van der Waals surface area contributed by atoms with Gasteiger partial charge in [-0.1, -0.05) is 0 Å². The van der Waals surface area contributed by atoms with Crippen LogP contribution in [-0.2, 0) is 0 Å². The normalized spacial score (nSPS) is 16.4. The third kappa shape index (κ3) is 2.52. The largest absolute Gasteiger partial charge is 0.399 e. The molecule has 17 heavy (non-hydrogen) atoms. The van der Waals surface area contributed by atoms with Crippen LogP contribution in [-0.4, -0.2) is 25.5 Å². The van der Waals surface area contributed by atoms with Crippen LogP contribution in [0.25, 0.3) is 0 Å². The summed E-state index contributed by atoms with van der Waals surface area (Å²) in [6.07, 6.45) is 2.11. The molecule has 1 aliphatic carbocycles. The summed E-state index contributed by atoms with van der Waals surface area (Å²) < 4.78 is 0. The van der Waals surface area contributed by atoms with E-state index >= 15 is 0 Å². The van der Waals surface area contributed by atoms with Gasteiger partial charge < -0.3 is 16.0 Å². The molecule has 0 heterocycles. The van der Waals surface area contributed by atoms with Crippen molar-refractivity contribution in [1.82, 2.24) is 5.32 Å². The van der Waals surface area contributed by atoms with E-state index < -0.39 is 0 Å². The summed E-state index contributed by atoms with van der Waals surface area (Å²) in [5.74, 6) is -0.0407. The molecule has 4 nitrogen and oxygen atoms in total. The van der Waals surface area contributed by atoms with Gasteiger partial charge in [-0.15, -0.1) is 0 Å². The molecule has 0 atom stereocenters. The van der Waals surface area contributed by atoms with E-state index in [1.54, 1.807) is 6.07 Å². The Morgan fingerprint density at radius 1 is 1.41 bits per heavy atom. The molecule has 0 aromatic heterocycles. The molecular formula is C13H19N3O. The van der Waals surface area contributed by atoms with Crippen molar-refractivity contribution in [3.05, 3.63) is 23.8 Å². The number of nitrogen functional groups attached to an aromatic ring is 1. The Labute approximate surface area is 102 Å². The van der Waals surface area contributed by atoms with Crippen molar-refractivity contribution < 1.29 is 4.79 Å². The first-order valence-corrected chi connectivity index (χ1v) is 5.81. The topological polar surface area (TPSA) is 58.4 Å². The van der Waals surface area contributed by atoms with Gasteiger partial charge in [0.25, 0.3) is 5.91 Å². The van der Waals surface area contributed by atoms with Crippen LogP contribution < -0.4 is 16.0 Å². The maximum absolute atomic E-state index is 12.2. The first kappa shape index (κ1) is 11.8. The average Bonchev–Trinajstić information content (AvgIpc) is 2.95. The standard InChI is InChI=1S/C13H19N3O/c1-13(6-7-13)15-12(17)10-8-9(14)4-5-11(10)16(2)3/h4-5,8H,6-7,14H2,1-3H3,(H,15,17). The van der Waals surface area contributed by atoms with E-state index in [0.717, 1.165) is 18.5 Å². The highest BCUT2D eigenvalue weighted by Gasteiger charge is 2.39. The van der Waals surface area contributed by atoms with Gasteiger partial charge in [0, 0.05) is 31.0 Å². The van der Waals surface area contributed by atoms with Crippen molar-refractivity contribution in [2.45, 2.75) is 25.3 Å². The number of hydrogen-bond donors (Lipinski definition) is 2. The highest BCUT2D eigenvalue weighted by Crippen LogP contribution is 2.35. The number of benzene rings is 1. The Morgan fingerprint density at radius 2 is 2.06 bits per heavy atom. The Bertz CT molecular complexity index is 450. The van der Waals surface area contributed by atoms with E-state index in [1.807, 2.05) is 31.1 Å². The Morgan fingerprint density at radius 3 is 2.59 bits per heavy atom. The summed E-state index contributed by atoms with van der Waals surface area (Å²) in [4.78, 5) is 14.1. The van der Waals surface area contributed by atoms with Gasteiger partial charge in [-0.2, -0.15) is 0 Å². The predicted molar refractivity (Wildman–Crippen MR) is 70.3 cm³/mol. The zero-order valence-corrected chi connectivity index (χ0v) is 10.6. The fourth-order valence-electron chi connectivity index (χ4n) is 1.78. The highest BCUT2D eigenvalue weighted by atomic mass is 16.1. The number of nitrogens with zero attached hydrogens (tertiary/aromatic N) is 1. The van der Waals surface area contributed by atoms with Gasteiger partial charge in [-0.05, 0) is 38.0 Å². The number of carbonyl (C=O) groups is 1. The molecule has 0 saturated heterocycles. The lowest BCUT2D eigenvalue weighted by Gasteiger charge is -2.19. The summed E-state index contributed by atoms with van der Waals surface area (Å²) in [6, 6.07) is 5.42. The van der Waals surface area contributed by atoms with Gasteiger partial charge in [0.1, 0.15) is 0 Å². The van der Waals surface area contributed by atoms with Crippen molar-refractivity contribution in [2.75, 3.05) is 24.7 Å². The number of carbonyl (C=O) groups excluding carboxylic acids is 1. The molecule has 0 spiro atoms. The molecule has 0 unspecified atom stereocenters. The van der Waals surface area contributed by atoms with E-state index in [1.165, 1.54) is 0 Å². The summed E-state index contributed by atoms with van der Waals surface area (Å²) in [5.41, 5.74) is 7.88. The number of hydrogen-bond acceptors (Lipinski definition) is 3. The molecule has 3 N–H and O–H groups in total. The van der Waals surface area contributed by atoms with Crippen LogP contribution in [0.15, 0.2) is 18.2 Å². The summed E-state index contributed by atoms with van der Waals surface area (Å²) >= 11 is 0. The molecule has 0 radical (unpaired) electrons. The minimum Gasteiger partial charge on any atom is -0.399 e. The van der Waals surface area contributed by atoms with Crippen molar-refractivity contribution in [3.8, 4) is 0 Å². The molecule has 1 aliphatic rings. The van der Waals surface area contributed by atoms with Gasteiger partial charge in [0.2, 0.25) is 0 Å². The minimum absolute atomic E-state index is 0.00866. The maximum Gasteiger partial charge on any atom is 0.253 e. The van der Waals surface area contributed by atoms with Crippen LogP contribution in [0.1, 0.15) is 30.1 Å². The second-order valence-electron chi connectivity index (χ2n) is 5.19. The molecule has 4 heteroatoms. The van der Waals surface area contributed by atoms with E-state index in [0.29, 0.717) is 11.3 Å². The van der Waals surface area contributed by atoms with E-state index in [9.17, 15) is 4.79 Å². The van der Waals surface area contributed by atoms with Crippen molar-refractivity contribution in [3.63, 3.8) is 0 Å². The summed E-state index contributed by atoms with van der Waals surface area (Å²) in [7, 11) is 3.84. The van der Waals surface area contributed by atoms with Crippen molar-refractivity contribution in [2.24, 2.45) is 0 Å². The van der Waals surface area contributed by atoms with Crippen molar-refractivity contribution >= 4 is 17.3 Å². The quantitative estimate of drug-likeness (QED) is 0.780. The number of amides is 1. The average molecular weight is 233 g/mol. The van der Waals surface area contributed by atoms with Gasteiger partial charge in [-0.3, -0.25) is 4.79 Å². The molecule has 1 fully saturated rings. The summed E-state index contributed by atoms with van der Waals surface area (Å²) in [5, 5.41) is 3.05. The van der Waals surface area contributed by atoms with Crippen LogP contribution in [0.2, 0.25) is 0 Å². The SMILES string of the molecule is CN(C)c1ccc(N)cc1C(=O)NC1(C)CC1. The Balaban J connectivity index is 2.29. The van der Waals surface area contributed by atoms with Gasteiger partial charge >= 0.3 is 0 Å². The fourth-order valence-corrected chi connectivity index (χ4v) is 1.78. The molecule has 92 valence electrons. The minimum atomic E-state index is -0.0407. The van der Waals surface area contributed by atoms with Gasteiger partial charge in [0.05, 0.1) is 5.56 Å². The predicted octanol–water partition coefficient (Wildman–Crippen LogP) is 1.62. The van der Waals surface area contributed by atoms with Crippen LogP contribution in [0.4, 0.5) is 11.4 Å². The van der Waals surface area contributed by atoms with Crippen LogP contribution in [0, 0.1) is 0 Å². The molecule has 0 aliphatic heterocycles. The first-order valence-electron chi connectivity index (χ1n) is 5.81. The molecule has 1 saturated carbocycles. The fraction of sp³-hybridized carbons (Fsp3) is 0.462. The highest BCUT2D eigenvalue weighted by molar-refractivity contribution is 6.01. The lowest BCUT2D eigenvalue weighted by molar-refractivity contribution is 0.0936. The number of nitrogens with two attached hydrogens (primary N) is 1. The molecule has 1 aromatic carbocycles. The van der Waals surface area contributed by atoms with E-state index in [4.69, 9.17) is 5.73 Å². The monoisotopic (exact) mass is 233 g/mol. The number of rotatable bonds is 3. The van der Waals surface area contributed by atoms with Crippen LogP contribution in [0.3, 0.4) is 0 Å². The zero-order chi connectivity index (χ0) is 12.6. The number of nitrogens with one attached hydrogen (secondary N) is 1. The Hall–Kier alpha value is -1.71. The third-order valence-corrected chi connectivity index (χ3v) is 3.16. The van der Waals surface area contributed by atoms with Crippen LogP contribution >= 0.6 is 0 Å². The van der Waals surface area contributed by atoms with Crippen molar-refractivity contribution in [1.29, 1.82) is 0 Å². The molecule has 0 bridgehead atoms. The van der Waals surface area contributed by atoms with Gasteiger partial charge in [0.15, 0.2) is 0 Å². The van der Waals surface area contributed by atoms with Gasteiger partial charge in [-0.25, -0.2) is 0 Å². The third-order valence-electron chi connectivity index (χ3n) is 3.16. The Kier molecular flexibility index (Phi) is 2.73. The second kappa shape index (κ2) is 3.95. The van der Waals surface area contributed by atoms with Crippen LogP contribution in [0.5, 0.6) is 0 Å². The molecule has 1 aromatic rings. The zero-order valence-electron chi connectivity index (χ0n) is 10.6. The smallest absolute Gasteiger partial charge is 0.253 e. The first-order chi connectivity index (χ1) is 7.91. The lowest BCUT2D eigenvalue weighted by atomic mass is 10.1. The summed E-state index contributed by atoms with van der Waals surface area (Å²) in [6.45, 7) is 2.06. The molecule has 1 amide bonds. The molecular weight excluding hydrogens is 214 g/mol. The lowest BCUT2D eigenvalue weighted by Crippen LogP contribution is -2.35. The molecule has 2 rings (SSSR count).